The second kappa shape index (κ2) is 10.9. The van der Waals surface area contributed by atoms with Gasteiger partial charge in [0.15, 0.2) is 0 Å². The topological polar surface area (TPSA) is 20.3 Å². The first-order valence-corrected chi connectivity index (χ1v) is 8.76. The van der Waals surface area contributed by atoms with Crippen molar-refractivity contribution in [3.8, 4) is 0 Å². The molecule has 2 heteroatoms. The summed E-state index contributed by atoms with van der Waals surface area (Å²) in [6.07, 6.45) is 18.0. The van der Waals surface area contributed by atoms with E-state index in [1.165, 1.54) is 70.6 Å². The SMILES string of the molecule is CCCCCCCC(CCCCCC)N1CC=CC1=O. The molecule has 1 atom stereocenters. The third-order valence-corrected chi connectivity index (χ3v) is 4.32. The highest BCUT2D eigenvalue weighted by Gasteiger charge is 2.23. The van der Waals surface area contributed by atoms with E-state index >= 15 is 0 Å². The number of hydrogen-bond donors (Lipinski definition) is 0. The predicted octanol–water partition coefficient (Wildman–Crippen LogP) is 5.08. The number of unbranched alkanes of at least 4 members (excludes halogenated alkanes) is 7. The monoisotopic (exact) mass is 279 g/mol. The molecule has 0 N–H and O–H groups in total. The lowest BCUT2D eigenvalue weighted by molar-refractivity contribution is -0.126. The molecule has 1 heterocycles. The number of nitrogens with zero attached hydrogens (tertiary/aromatic N) is 1. The third kappa shape index (κ3) is 6.58. The van der Waals surface area contributed by atoms with Gasteiger partial charge in [0.05, 0.1) is 0 Å². The lowest BCUT2D eigenvalue weighted by Crippen LogP contribution is -2.36. The van der Waals surface area contributed by atoms with Crippen LogP contribution in [-0.4, -0.2) is 23.4 Å². The fourth-order valence-corrected chi connectivity index (χ4v) is 3.03. The summed E-state index contributed by atoms with van der Waals surface area (Å²) in [5, 5.41) is 0. The maximum atomic E-state index is 11.9. The molecule has 0 spiro atoms. The average molecular weight is 279 g/mol. The molecule has 1 amide bonds. The number of amides is 1. The van der Waals surface area contributed by atoms with Gasteiger partial charge in [-0.3, -0.25) is 4.79 Å². The van der Waals surface area contributed by atoms with E-state index in [0.29, 0.717) is 6.04 Å². The zero-order valence-electron chi connectivity index (χ0n) is 13.6. The van der Waals surface area contributed by atoms with Crippen molar-refractivity contribution in [3.05, 3.63) is 12.2 Å². The summed E-state index contributed by atoms with van der Waals surface area (Å²) < 4.78 is 0. The molecule has 0 saturated heterocycles. The molecular weight excluding hydrogens is 246 g/mol. The van der Waals surface area contributed by atoms with E-state index < -0.39 is 0 Å². The second-order valence-corrected chi connectivity index (χ2v) is 6.10. The van der Waals surface area contributed by atoms with Crippen molar-refractivity contribution in [1.29, 1.82) is 0 Å². The zero-order valence-corrected chi connectivity index (χ0v) is 13.6. The second-order valence-electron chi connectivity index (χ2n) is 6.10. The van der Waals surface area contributed by atoms with Gasteiger partial charge >= 0.3 is 0 Å². The minimum Gasteiger partial charge on any atom is -0.332 e. The van der Waals surface area contributed by atoms with Crippen LogP contribution in [0.1, 0.15) is 84.5 Å². The molecule has 2 nitrogen and oxygen atoms in total. The van der Waals surface area contributed by atoms with Crippen molar-refractivity contribution in [2.24, 2.45) is 0 Å². The molecule has 0 aromatic heterocycles. The summed E-state index contributed by atoms with van der Waals surface area (Å²) in [5.41, 5.74) is 0. The lowest BCUT2D eigenvalue weighted by Gasteiger charge is -2.28. The van der Waals surface area contributed by atoms with Crippen LogP contribution in [0.2, 0.25) is 0 Å². The van der Waals surface area contributed by atoms with Crippen LogP contribution >= 0.6 is 0 Å². The minimum atomic E-state index is 0.235. The number of carbonyl (C=O) groups excluding carboxylic acids is 1. The van der Waals surface area contributed by atoms with Crippen molar-refractivity contribution < 1.29 is 4.79 Å². The maximum Gasteiger partial charge on any atom is 0.246 e. The van der Waals surface area contributed by atoms with E-state index in [4.69, 9.17) is 0 Å². The Labute approximate surface area is 125 Å². The standard InChI is InChI=1S/C18H33NO/c1-3-5-7-9-11-14-17(13-10-8-6-4-2)19-16-12-15-18(19)20/h12,15,17H,3-11,13-14,16H2,1-2H3. The smallest absolute Gasteiger partial charge is 0.246 e. The molecule has 0 saturated carbocycles. The molecule has 0 radical (unpaired) electrons. The van der Waals surface area contributed by atoms with E-state index in [0.717, 1.165) is 6.54 Å². The average Bonchev–Trinajstić information content (AvgIpc) is 2.87. The molecule has 1 aliphatic rings. The Morgan fingerprint density at radius 1 is 0.950 bits per heavy atom. The van der Waals surface area contributed by atoms with Crippen LogP contribution < -0.4 is 0 Å². The first kappa shape index (κ1) is 17.3. The summed E-state index contributed by atoms with van der Waals surface area (Å²) in [6, 6.07) is 0.482. The molecule has 0 aliphatic carbocycles. The fourth-order valence-electron chi connectivity index (χ4n) is 3.03. The Balaban J connectivity index is 2.29. The molecule has 0 aromatic rings. The van der Waals surface area contributed by atoms with Crippen molar-refractivity contribution in [2.75, 3.05) is 6.54 Å². The van der Waals surface area contributed by atoms with Crippen LogP contribution in [0.4, 0.5) is 0 Å². The van der Waals surface area contributed by atoms with Crippen LogP contribution in [0, 0.1) is 0 Å². The normalized spacial score (nSPS) is 16.1. The van der Waals surface area contributed by atoms with Gasteiger partial charge < -0.3 is 4.90 Å². The maximum absolute atomic E-state index is 11.9. The van der Waals surface area contributed by atoms with E-state index in [-0.39, 0.29) is 5.91 Å². The van der Waals surface area contributed by atoms with Crippen molar-refractivity contribution in [1.82, 2.24) is 4.90 Å². The zero-order chi connectivity index (χ0) is 14.6. The molecule has 0 fully saturated rings. The highest BCUT2D eigenvalue weighted by molar-refractivity contribution is 5.90. The van der Waals surface area contributed by atoms with Crippen LogP contribution in [0.15, 0.2) is 12.2 Å². The summed E-state index contributed by atoms with van der Waals surface area (Å²) >= 11 is 0. The van der Waals surface area contributed by atoms with Gasteiger partial charge in [0.2, 0.25) is 5.91 Å². The highest BCUT2D eigenvalue weighted by Crippen LogP contribution is 2.20. The molecule has 1 aliphatic heterocycles. The van der Waals surface area contributed by atoms with Crippen molar-refractivity contribution in [3.63, 3.8) is 0 Å². The molecule has 20 heavy (non-hydrogen) atoms. The first-order valence-electron chi connectivity index (χ1n) is 8.76. The highest BCUT2D eigenvalue weighted by atomic mass is 16.2. The Morgan fingerprint density at radius 2 is 1.50 bits per heavy atom. The van der Waals surface area contributed by atoms with E-state index in [1.807, 2.05) is 6.08 Å². The van der Waals surface area contributed by atoms with Gasteiger partial charge in [0.1, 0.15) is 0 Å². The van der Waals surface area contributed by atoms with Gasteiger partial charge in [-0.15, -0.1) is 0 Å². The Morgan fingerprint density at radius 3 is 2.00 bits per heavy atom. The number of carbonyl (C=O) groups is 1. The van der Waals surface area contributed by atoms with Crippen LogP contribution in [0.25, 0.3) is 0 Å². The van der Waals surface area contributed by atoms with Gasteiger partial charge in [-0.1, -0.05) is 77.7 Å². The largest absolute Gasteiger partial charge is 0.332 e. The van der Waals surface area contributed by atoms with Crippen molar-refractivity contribution in [2.45, 2.75) is 90.5 Å². The summed E-state index contributed by atoms with van der Waals surface area (Å²) in [5.74, 6) is 0.235. The number of rotatable bonds is 12. The van der Waals surface area contributed by atoms with Gasteiger partial charge in [-0.05, 0) is 12.8 Å². The molecule has 1 rings (SSSR count). The van der Waals surface area contributed by atoms with Gasteiger partial charge in [-0.25, -0.2) is 0 Å². The van der Waals surface area contributed by atoms with E-state index in [9.17, 15) is 4.79 Å². The summed E-state index contributed by atoms with van der Waals surface area (Å²) in [7, 11) is 0. The molecule has 0 bridgehead atoms. The van der Waals surface area contributed by atoms with E-state index in [2.05, 4.69) is 18.7 Å². The van der Waals surface area contributed by atoms with Gasteiger partial charge in [0, 0.05) is 18.7 Å². The minimum absolute atomic E-state index is 0.235. The molecule has 0 aromatic carbocycles. The molecule has 1 unspecified atom stereocenters. The summed E-state index contributed by atoms with van der Waals surface area (Å²) in [4.78, 5) is 14.0. The number of hydrogen-bond acceptors (Lipinski definition) is 1. The first-order chi connectivity index (χ1) is 9.79. The van der Waals surface area contributed by atoms with Crippen LogP contribution in [0.5, 0.6) is 0 Å². The predicted molar refractivity (Wildman–Crippen MR) is 86.8 cm³/mol. The van der Waals surface area contributed by atoms with Crippen LogP contribution in [-0.2, 0) is 4.79 Å². The molecule has 116 valence electrons. The lowest BCUT2D eigenvalue weighted by atomic mass is 9.99. The Bertz CT molecular complexity index is 285. The summed E-state index contributed by atoms with van der Waals surface area (Å²) in [6.45, 7) is 5.34. The van der Waals surface area contributed by atoms with Crippen molar-refractivity contribution >= 4 is 5.91 Å². The van der Waals surface area contributed by atoms with Gasteiger partial charge in [0.25, 0.3) is 0 Å². The Hall–Kier alpha value is -0.790. The third-order valence-electron chi connectivity index (χ3n) is 4.32. The Kier molecular flexibility index (Phi) is 9.44. The quantitative estimate of drug-likeness (QED) is 0.456. The van der Waals surface area contributed by atoms with Crippen LogP contribution in [0.3, 0.4) is 0 Å². The molecular formula is C18H33NO. The fraction of sp³-hybridized carbons (Fsp3) is 0.833. The van der Waals surface area contributed by atoms with Gasteiger partial charge in [-0.2, -0.15) is 0 Å². The van der Waals surface area contributed by atoms with E-state index in [1.54, 1.807) is 6.08 Å².